The third-order valence-corrected chi connectivity index (χ3v) is 4.30. The van der Waals surface area contributed by atoms with Crippen LogP contribution < -0.4 is 5.73 Å². The summed E-state index contributed by atoms with van der Waals surface area (Å²) in [6.45, 7) is 2.16. The number of hydrogen-bond acceptors (Lipinski definition) is 3. The van der Waals surface area contributed by atoms with Gasteiger partial charge in [0.25, 0.3) is 0 Å². The van der Waals surface area contributed by atoms with Crippen LogP contribution in [0, 0.1) is 11.8 Å². The van der Waals surface area contributed by atoms with Gasteiger partial charge in [-0.25, -0.2) is 0 Å². The summed E-state index contributed by atoms with van der Waals surface area (Å²) in [5.74, 6) is 1.48. The molecule has 0 radical (unpaired) electrons. The Kier molecular flexibility index (Phi) is 3.07. The third-order valence-electron chi connectivity index (χ3n) is 4.30. The number of likely N-dealkylation sites (tertiary alicyclic amines) is 1. The Bertz CT molecular complexity index is 417. The van der Waals surface area contributed by atoms with Gasteiger partial charge in [0.05, 0.1) is 0 Å². The molecular formula is C13H20N4O. The van der Waals surface area contributed by atoms with Crippen molar-refractivity contribution in [2.45, 2.75) is 31.8 Å². The van der Waals surface area contributed by atoms with E-state index in [-0.39, 0.29) is 5.91 Å². The lowest BCUT2D eigenvalue weighted by Gasteiger charge is -2.27. The summed E-state index contributed by atoms with van der Waals surface area (Å²) >= 11 is 0. The van der Waals surface area contributed by atoms with Crippen LogP contribution in [0.1, 0.15) is 19.3 Å². The van der Waals surface area contributed by atoms with E-state index >= 15 is 0 Å². The Balaban J connectivity index is 1.59. The summed E-state index contributed by atoms with van der Waals surface area (Å²) in [6, 6.07) is 2.18. The Morgan fingerprint density at radius 1 is 1.33 bits per heavy atom. The lowest BCUT2D eigenvalue weighted by molar-refractivity contribution is -0.131. The van der Waals surface area contributed by atoms with E-state index in [0.29, 0.717) is 24.4 Å². The average molecular weight is 248 g/mol. The molecule has 5 heteroatoms. The largest absolute Gasteiger partial charge is 0.341 e. The normalized spacial score (nSPS) is 31.4. The van der Waals surface area contributed by atoms with Gasteiger partial charge < -0.3 is 10.6 Å². The minimum absolute atomic E-state index is 0.182. The predicted molar refractivity (Wildman–Crippen MR) is 67.6 cm³/mol. The minimum atomic E-state index is 0.182. The number of nitrogens with two attached hydrogens (primary N) is 1. The zero-order chi connectivity index (χ0) is 12.5. The van der Waals surface area contributed by atoms with Crippen molar-refractivity contribution >= 4 is 5.91 Å². The first-order valence-corrected chi connectivity index (χ1v) is 6.73. The molecule has 2 aliphatic rings. The maximum absolute atomic E-state index is 12.2. The fourth-order valence-corrected chi connectivity index (χ4v) is 3.30. The van der Waals surface area contributed by atoms with Crippen molar-refractivity contribution in [1.82, 2.24) is 14.7 Å². The second-order valence-corrected chi connectivity index (χ2v) is 5.60. The van der Waals surface area contributed by atoms with Crippen LogP contribution in [0.5, 0.6) is 0 Å². The summed E-state index contributed by atoms with van der Waals surface area (Å²) in [5.41, 5.74) is 6.00. The Morgan fingerprint density at radius 2 is 2.17 bits per heavy atom. The SMILES string of the molecule is NC1CC[C@@H]2CN(C(=O)Cn3cccn3)C[C@@H]2C1. The lowest BCUT2D eigenvalue weighted by Crippen LogP contribution is -2.33. The summed E-state index contributed by atoms with van der Waals surface area (Å²) in [6.07, 6.45) is 6.91. The molecule has 0 spiro atoms. The fraction of sp³-hybridized carbons (Fsp3) is 0.692. The van der Waals surface area contributed by atoms with Crippen LogP contribution in [0.3, 0.4) is 0 Å². The number of amides is 1. The third kappa shape index (κ3) is 2.27. The summed E-state index contributed by atoms with van der Waals surface area (Å²) in [7, 11) is 0. The van der Waals surface area contributed by atoms with Crippen molar-refractivity contribution in [2.24, 2.45) is 17.6 Å². The molecule has 1 aliphatic carbocycles. The zero-order valence-corrected chi connectivity index (χ0v) is 10.5. The number of hydrogen-bond donors (Lipinski definition) is 1. The van der Waals surface area contributed by atoms with Crippen LogP contribution in [0.25, 0.3) is 0 Å². The lowest BCUT2D eigenvalue weighted by atomic mass is 9.79. The second kappa shape index (κ2) is 4.72. The van der Waals surface area contributed by atoms with E-state index in [4.69, 9.17) is 5.73 Å². The number of fused-ring (bicyclic) bond motifs is 1. The van der Waals surface area contributed by atoms with Crippen molar-refractivity contribution in [3.8, 4) is 0 Å². The van der Waals surface area contributed by atoms with E-state index in [1.807, 2.05) is 17.2 Å². The highest BCUT2D eigenvalue weighted by molar-refractivity contribution is 5.76. The van der Waals surface area contributed by atoms with E-state index < -0.39 is 0 Å². The molecule has 1 saturated heterocycles. The van der Waals surface area contributed by atoms with Crippen LogP contribution in [-0.4, -0.2) is 39.7 Å². The van der Waals surface area contributed by atoms with Crippen molar-refractivity contribution in [3.63, 3.8) is 0 Å². The monoisotopic (exact) mass is 248 g/mol. The highest BCUT2D eigenvalue weighted by Crippen LogP contribution is 2.35. The number of aromatic nitrogens is 2. The fourth-order valence-electron chi connectivity index (χ4n) is 3.30. The molecule has 2 fully saturated rings. The molecule has 3 rings (SSSR count). The van der Waals surface area contributed by atoms with Gasteiger partial charge in [-0.2, -0.15) is 5.10 Å². The van der Waals surface area contributed by atoms with Gasteiger partial charge in [0.15, 0.2) is 0 Å². The molecule has 1 aromatic rings. The van der Waals surface area contributed by atoms with Gasteiger partial charge in [0.1, 0.15) is 6.54 Å². The number of nitrogens with zero attached hydrogens (tertiary/aromatic N) is 3. The van der Waals surface area contributed by atoms with E-state index in [2.05, 4.69) is 5.10 Å². The molecule has 1 unspecified atom stereocenters. The molecule has 2 heterocycles. The maximum Gasteiger partial charge on any atom is 0.244 e. The molecule has 0 bridgehead atoms. The molecule has 18 heavy (non-hydrogen) atoms. The summed E-state index contributed by atoms with van der Waals surface area (Å²) < 4.78 is 1.69. The topological polar surface area (TPSA) is 64.2 Å². The minimum Gasteiger partial charge on any atom is -0.341 e. The first-order valence-electron chi connectivity index (χ1n) is 6.73. The molecular weight excluding hydrogens is 228 g/mol. The molecule has 5 nitrogen and oxygen atoms in total. The van der Waals surface area contributed by atoms with Crippen molar-refractivity contribution in [1.29, 1.82) is 0 Å². The Morgan fingerprint density at radius 3 is 2.94 bits per heavy atom. The van der Waals surface area contributed by atoms with Crippen LogP contribution in [-0.2, 0) is 11.3 Å². The van der Waals surface area contributed by atoms with Gasteiger partial charge in [-0.05, 0) is 37.2 Å². The molecule has 1 saturated carbocycles. The average Bonchev–Trinajstić information content (AvgIpc) is 2.96. The molecule has 2 N–H and O–H groups in total. The van der Waals surface area contributed by atoms with Gasteiger partial charge >= 0.3 is 0 Å². The molecule has 1 aromatic heterocycles. The van der Waals surface area contributed by atoms with Crippen molar-refractivity contribution in [2.75, 3.05) is 13.1 Å². The Labute approximate surface area is 107 Å². The molecule has 3 atom stereocenters. The number of carbonyl (C=O) groups excluding carboxylic acids is 1. The molecule has 98 valence electrons. The molecule has 1 amide bonds. The second-order valence-electron chi connectivity index (χ2n) is 5.60. The highest BCUT2D eigenvalue weighted by atomic mass is 16.2. The zero-order valence-electron chi connectivity index (χ0n) is 10.5. The van der Waals surface area contributed by atoms with Gasteiger partial charge in [-0.1, -0.05) is 0 Å². The first-order chi connectivity index (χ1) is 8.72. The van der Waals surface area contributed by atoms with Gasteiger partial charge in [-0.3, -0.25) is 9.48 Å². The quantitative estimate of drug-likeness (QED) is 0.827. The van der Waals surface area contributed by atoms with E-state index in [9.17, 15) is 4.79 Å². The smallest absolute Gasteiger partial charge is 0.244 e. The first kappa shape index (κ1) is 11.7. The van der Waals surface area contributed by atoms with Gasteiger partial charge in [-0.15, -0.1) is 0 Å². The van der Waals surface area contributed by atoms with Crippen LogP contribution in [0.4, 0.5) is 0 Å². The summed E-state index contributed by atoms with van der Waals surface area (Å²) in [4.78, 5) is 14.2. The van der Waals surface area contributed by atoms with Crippen LogP contribution in [0.15, 0.2) is 18.5 Å². The van der Waals surface area contributed by atoms with E-state index in [0.717, 1.165) is 25.9 Å². The maximum atomic E-state index is 12.2. The van der Waals surface area contributed by atoms with Crippen LogP contribution >= 0.6 is 0 Å². The highest BCUT2D eigenvalue weighted by Gasteiger charge is 2.38. The standard InChI is InChI=1S/C13H20N4O/c14-12-3-2-10-7-16(8-11(10)6-12)13(18)9-17-5-1-4-15-17/h1,4-5,10-12H,2-3,6-9,14H2/t10-,11+,12?/m1/s1. The summed E-state index contributed by atoms with van der Waals surface area (Å²) in [5, 5.41) is 4.08. The van der Waals surface area contributed by atoms with Crippen LogP contribution in [0.2, 0.25) is 0 Å². The van der Waals surface area contributed by atoms with Gasteiger partial charge in [0.2, 0.25) is 5.91 Å². The Hall–Kier alpha value is -1.36. The molecule has 1 aliphatic heterocycles. The molecule has 0 aromatic carbocycles. The number of rotatable bonds is 2. The van der Waals surface area contributed by atoms with Crippen molar-refractivity contribution in [3.05, 3.63) is 18.5 Å². The number of carbonyl (C=O) groups is 1. The van der Waals surface area contributed by atoms with E-state index in [1.54, 1.807) is 10.9 Å². The predicted octanol–water partition coefficient (Wildman–Crippen LogP) is 0.469. The van der Waals surface area contributed by atoms with Crippen molar-refractivity contribution < 1.29 is 4.79 Å². The van der Waals surface area contributed by atoms with Gasteiger partial charge in [0, 0.05) is 31.5 Å². The van der Waals surface area contributed by atoms with E-state index in [1.165, 1.54) is 6.42 Å².